The van der Waals surface area contributed by atoms with E-state index in [9.17, 15) is 17.6 Å². The van der Waals surface area contributed by atoms with Crippen LogP contribution in [0.5, 0.6) is 0 Å². The highest BCUT2D eigenvalue weighted by Gasteiger charge is 2.24. The van der Waals surface area contributed by atoms with Crippen molar-refractivity contribution in [2.45, 2.75) is 19.5 Å². The fraction of sp³-hybridized carbons (Fsp3) is 0.600. The fourth-order valence-corrected chi connectivity index (χ4v) is 0.280. The number of hydrogen-bond donors (Lipinski definition) is 0. The van der Waals surface area contributed by atoms with Crippen LogP contribution in [-0.4, -0.2) is 6.18 Å². The number of alkyl halides is 3. The van der Waals surface area contributed by atoms with Crippen molar-refractivity contribution in [1.82, 2.24) is 0 Å². The maximum absolute atomic E-state index is 11.8. The molecule has 0 amide bonds. The average molecular weight is 142 g/mol. The molecule has 0 aliphatic rings. The number of rotatable bonds is 1. The van der Waals surface area contributed by atoms with Gasteiger partial charge in [-0.3, -0.25) is 0 Å². The van der Waals surface area contributed by atoms with Crippen LogP contribution in [0.2, 0.25) is 0 Å². The van der Waals surface area contributed by atoms with Crippen molar-refractivity contribution in [3.8, 4) is 0 Å². The molecule has 0 rings (SSSR count). The molecule has 0 saturated heterocycles. The third-order valence-corrected chi connectivity index (χ3v) is 0.658. The molecule has 0 aliphatic heterocycles. The molecule has 0 bridgehead atoms. The molecule has 0 N–H and O–H groups in total. The second-order valence-corrected chi connectivity index (χ2v) is 1.49. The van der Waals surface area contributed by atoms with E-state index < -0.39 is 12.0 Å². The number of halogens is 4. The van der Waals surface area contributed by atoms with E-state index >= 15 is 0 Å². The molecule has 0 radical (unpaired) electrons. The first-order chi connectivity index (χ1) is 3.95. The highest BCUT2D eigenvalue weighted by atomic mass is 19.4. The van der Waals surface area contributed by atoms with E-state index in [0.29, 0.717) is 0 Å². The van der Waals surface area contributed by atoms with Crippen molar-refractivity contribution in [1.29, 1.82) is 0 Å². The Morgan fingerprint density at radius 1 is 1.44 bits per heavy atom. The summed E-state index contributed by atoms with van der Waals surface area (Å²) in [4.78, 5) is 0. The van der Waals surface area contributed by atoms with Crippen LogP contribution in [0.4, 0.5) is 17.6 Å². The van der Waals surface area contributed by atoms with Gasteiger partial charge in [0, 0.05) is 0 Å². The van der Waals surface area contributed by atoms with E-state index in [1.807, 2.05) is 0 Å². The van der Waals surface area contributed by atoms with E-state index in [0.717, 1.165) is 0 Å². The van der Waals surface area contributed by atoms with Gasteiger partial charge in [-0.25, -0.2) is 4.39 Å². The van der Waals surface area contributed by atoms with Crippen molar-refractivity contribution < 1.29 is 17.6 Å². The highest BCUT2D eigenvalue weighted by Crippen LogP contribution is 2.19. The van der Waals surface area contributed by atoms with Crippen LogP contribution >= 0.6 is 0 Å². The standard InChI is InChI=1S/C5H6F4/c1-2-4(6)3-5(7,8)9/h3H,2H2,1H3/b4-3-. The van der Waals surface area contributed by atoms with Gasteiger partial charge in [0.2, 0.25) is 0 Å². The molecule has 0 nitrogen and oxygen atoms in total. The molecule has 9 heavy (non-hydrogen) atoms. The zero-order chi connectivity index (χ0) is 7.49. The van der Waals surface area contributed by atoms with Gasteiger partial charge in [0.05, 0.1) is 6.08 Å². The second-order valence-electron chi connectivity index (χ2n) is 1.49. The molecule has 54 valence electrons. The second kappa shape index (κ2) is 2.85. The summed E-state index contributed by atoms with van der Waals surface area (Å²) in [5, 5.41) is 0. The van der Waals surface area contributed by atoms with Gasteiger partial charge in [0.25, 0.3) is 0 Å². The van der Waals surface area contributed by atoms with Crippen LogP contribution in [0.15, 0.2) is 11.9 Å². The van der Waals surface area contributed by atoms with Gasteiger partial charge in [0.15, 0.2) is 0 Å². The van der Waals surface area contributed by atoms with Crippen molar-refractivity contribution in [3.63, 3.8) is 0 Å². The normalized spacial score (nSPS) is 14.1. The van der Waals surface area contributed by atoms with Crippen LogP contribution < -0.4 is 0 Å². The SMILES string of the molecule is CC/C(F)=C/C(F)(F)F. The Kier molecular flexibility index (Phi) is 2.67. The molecule has 0 aliphatic carbocycles. The molecule has 0 aromatic carbocycles. The van der Waals surface area contributed by atoms with Gasteiger partial charge < -0.3 is 0 Å². The lowest BCUT2D eigenvalue weighted by molar-refractivity contribution is -0.0815. The van der Waals surface area contributed by atoms with E-state index in [-0.39, 0.29) is 12.5 Å². The van der Waals surface area contributed by atoms with E-state index in [1.165, 1.54) is 6.92 Å². The molecule has 0 saturated carbocycles. The summed E-state index contributed by atoms with van der Waals surface area (Å²) in [6.07, 6.45) is -5.06. The quantitative estimate of drug-likeness (QED) is 0.494. The van der Waals surface area contributed by atoms with Crippen molar-refractivity contribution in [2.24, 2.45) is 0 Å². The van der Waals surface area contributed by atoms with E-state index in [2.05, 4.69) is 0 Å². The molecule has 0 unspecified atom stereocenters. The first kappa shape index (κ1) is 8.46. The lowest BCUT2D eigenvalue weighted by Crippen LogP contribution is -2.01. The Morgan fingerprint density at radius 3 is 2.00 bits per heavy atom. The van der Waals surface area contributed by atoms with Gasteiger partial charge >= 0.3 is 6.18 Å². The monoisotopic (exact) mass is 142 g/mol. The van der Waals surface area contributed by atoms with Crippen LogP contribution in [0.1, 0.15) is 13.3 Å². The Balaban J connectivity index is 3.95. The third-order valence-electron chi connectivity index (χ3n) is 0.658. The summed E-state index contributed by atoms with van der Waals surface area (Å²) in [6, 6.07) is 0. The lowest BCUT2D eigenvalue weighted by Gasteiger charge is -1.97. The van der Waals surface area contributed by atoms with Gasteiger partial charge in [-0.2, -0.15) is 13.2 Å². The minimum atomic E-state index is -4.51. The zero-order valence-electron chi connectivity index (χ0n) is 4.80. The maximum atomic E-state index is 11.8. The molecule has 0 fully saturated rings. The number of hydrogen-bond acceptors (Lipinski definition) is 0. The molecular formula is C5H6F4. The van der Waals surface area contributed by atoms with Crippen LogP contribution in [0.25, 0.3) is 0 Å². The summed E-state index contributed by atoms with van der Waals surface area (Å²) < 4.78 is 45.3. The van der Waals surface area contributed by atoms with Gasteiger partial charge in [-0.05, 0) is 6.42 Å². The van der Waals surface area contributed by atoms with E-state index in [4.69, 9.17) is 0 Å². The first-order valence-corrected chi connectivity index (χ1v) is 2.39. The maximum Gasteiger partial charge on any atom is 0.412 e. The van der Waals surface area contributed by atoms with Crippen molar-refractivity contribution >= 4 is 0 Å². The van der Waals surface area contributed by atoms with Crippen molar-refractivity contribution in [2.75, 3.05) is 0 Å². The smallest absolute Gasteiger partial charge is 0.212 e. The fourth-order valence-electron chi connectivity index (χ4n) is 0.280. The van der Waals surface area contributed by atoms with Crippen molar-refractivity contribution in [3.05, 3.63) is 11.9 Å². The minimum Gasteiger partial charge on any atom is -0.212 e. The molecule has 0 aromatic heterocycles. The molecule has 0 spiro atoms. The summed E-state index contributed by atoms with van der Waals surface area (Å²) in [6.45, 7) is 1.32. The molecule has 0 aromatic rings. The van der Waals surface area contributed by atoms with Gasteiger partial charge in [0.1, 0.15) is 5.83 Å². The highest BCUT2D eigenvalue weighted by molar-refractivity contribution is 4.95. The average Bonchev–Trinajstić information content (AvgIpc) is 1.62. The third kappa shape index (κ3) is 5.33. The molecular weight excluding hydrogens is 136 g/mol. The summed E-state index contributed by atoms with van der Waals surface area (Å²) >= 11 is 0. The molecule has 0 heterocycles. The molecule has 0 atom stereocenters. The summed E-state index contributed by atoms with van der Waals surface area (Å²) in [5.74, 6) is -1.14. The predicted molar refractivity (Wildman–Crippen MR) is 25.5 cm³/mol. The zero-order valence-corrected chi connectivity index (χ0v) is 4.80. The summed E-state index contributed by atoms with van der Waals surface area (Å²) in [7, 11) is 0. The predicted octanol–water partition coefficient (Wildman–Crippen LogP) is 2.81. The van der Waals surface area contributed by atoms with Crippen LogP contribution in [0, 0.1) is 0 Å². The van der Waals surface area contributed by atoms with Crippen LogP contribution in [-0.2, 0) is 0 Å². The Hall–Kier alpha value is -0.540. The van der Waals surface area contributed by atoms with E-state index in [1.54, 1.807) is 0 Å². The lowest BCUT2D eigenvalue weighted by atomic mass is 10.4. The Labute approximate surface area is 50.2 Å². The Bertz CT molecular complexity index is 111. The van der Waals surface area contributed by atoms with Gasteiger partial charge in [-0.1, -0.05) is 6.92 Å². The number of allylic oxidation sites excluding steroid dienone is 2. The molecule has 4 heteroatoms. The first-order valence-electron chi connectivity index (χ1n) is 2.39. The van der Waals surface area contributed by atoms with Crippen LogP contribution in [0.3, 0.4) is 0 Å². The van der Waals surface area contributed by atoms with Gasteiger partial charge in [-0.15, -0.1) is 0 Å². The topological polar surface area (TPSA) is 0 Å². The largest absolute Gasteiger partial charge is 0.412 e. The summed E-state index contributed by atoms with van der Waals surface area (Å²) in [5.41, 5.74) is 0. The Morgan fingerprint density at radius 2 is 1.89 bits per heavy atom. The minimum absolute atomic E-state index is 0.209.